The van der Waals surface area contributed by atoms with Crippen LogP contribution in [-0.2, 0) is 11.3 Å². The molecule has 0 atom stereocenters. The Hall–Kier alpha value is -2.96. The number of rotatable bonds is 4. The third-order valence-corrected chi connectivity index (χ3v) is 3.85. The Morgan fingerprint density at radius 2 is 1.76 bits per heavy atom. The average molecular weight is 345 g/mol. The monoisotopic (exact) mass is 345 g/mol. The minimum absolute atomic E-state index is 0.0221. The first-order valence-corrected chi connectivity index (χ1v) is 7.90. The van der Waals surface area contributed by atoms with Crippen LogP contribution in [0, 0.1) is 11.6 Å². The quantitative estimate of drug-likeness (QED) is 0.887. The van der Waals surface area contributed by atoms with Crippen LogP contribution in [-0.4, -0.2) is 23.4 Å². The number of nitrogens with one attached hydrogen (secondary N) is 2. The highest BCUT2D eigenvalue weighted by atomic mass is 19.1. The van der Waals surface area contributed by atoms with Gasteiger partial charge in [0.15, 0.2) is 0 Å². The number of carbonyl (C=O) groups is 2. The summed E-state index contributed by atoms with van der Waals surface area (Å²) in [4.78, 5) is 25.4. The zero-order valence-electron chi connectivity index (χ0n) is 13.4. The lowest BCUT2D eigenvalue weighted by molar-refractivity contribution is -0.128. The molecule has 130 valence electrons. The first kappa shape index (κ1) is 16.9. The van der Waals surface area contributed by atoms with Gasteiger partial charge in [-0.15, -0.1) is 0 Å². The Morgan fingerprint density at radius 3 is 2.44 bits per heavy atom. The number of halogens is 2. The summed E-state index contributed by atoms with van der Waals surface area (Å²) >= 11 is 0. The van der Waals surface area contributed by atoms with Gasteiger partial charge in [-0.1, -0.05) is 12.1 Å². The van der Waals surface area contributed by atoms with Crippen LogP contribution in [0.1, 0.15) is 18.4 Å². The van der Waals surface area contributed by atoms with Crippen molar-refractivity contribution in [1.29, 1.82) is 0 Å². The molecule has 0 aliphatic carbocycles. The summed E-state index contributed by atoms with van der Waals surface area (Å²) in [5, 5.41) is 4.98. The molecule has 5 nitrogen and oxygen atoms in total. The molecule has 0 spiro atoms. The van der Waals surface area contributed by atoms with E-state index < -0.39 is 17.7 Å². The van der Waals surface area contributed by atoms with Gasteiger partial charge in [0, 0.05) is 37.0 Å². The molecule has 2 aromatic carbocycles. The number of likely N-dealkylation sites (tertiary alicyclic amines) is 1. The molecule has 0 saturated carbocycles. The summed E-state index contributed by atoms with van der Waals surface area (Å²) in [5.74, 6) is -1.41. The van der Waals surface area contributed by atoms with Crippen LogP contribution in [0.5, 0.6) is 0 Å². The van der Waals surface area contributed by atoms with Crippen molar-refractivity contribution in [1.82, 2.24) is 4.90 Å². The third-order valence-electron chi connectivity index (χ3n) is 3.85. The van der Waals surface area contributed by atoms with Gasteiger partial charge in [-0.2, -0.15) is 0 Å². The number of benzene rings is 2. The lowest BCUT2D eigenvalue weighted by atomic mass is 10.2. The van der Waals surface area contributed by atoms with E-state index in [2.05, 4.69) is 10.6 Å². The summed E-state index contributed by atoms with van der Waals surface area (Å²) in [5.41, 5.74) is 1.44. The van der Waals surface area contributed by atoms with E-state index in [-0.39, 0.29) is 11.6 Å². The predicted molar refractivity (Wildman–Crippen MR) is 90.1 cm³/mol. The average Bonchev–Trinajstić information content (AvgIpc) is 2.91. The molecule has 0 bridgehead atoms. The molecule has 1 saturated heterocycles. The maximum Gasteiger partial charge on any atom is 0.323 e. The second-order valence-electron chi connectivity index (χ2n) is 5.86. The molecule has 7 heteroatoms. The van der Waals surface area contributed by atoms with Crippen LogP contribution in [0.25, 0.3) is 0 Å². The van der Waals surface area contributed by atoms with E-state index in [1.807, 2.05) is 6.07 Å². The Balaban J connectivity index is 1.63. The molecule has 1 heterocycles. The fourth-order valence-electron chi connectivity index (χ4n) is 2.76. The highest BCUT2D eigenvalue weighted by Crippen LogP contribution is 2.18. The molecular weight excluding hydrogens is 328 g/mol. The van der Waals surface area contributed by atoms with E-state index >= 15 is 0 Å². The van der Waals surface area contributed by atoms with Crippen molar-refractivity contribution in [2.45, 2.75) is 19.4 Å². The van der Waals surface area contributed by atoms with Gasteiger partial charge < -0.3 is 15.5 Å². The van der Waals surface area contributed by atoms with Gasteiger partial charge >= 0.3 is 6.03 Å². The van der Waals surface area contributed by atoms with E-state index in [4.69, 9.17) is 0 Å². The molecule has 3 amide bonds. The van der Waals surface area contributed by atoms with Crippen molar-refractivity contribution in [2.75, 3.05) is 17.2 Å². The van der Waals surface area contributed by atoms with E-state index in [0.717, 1.165) is 36.7 Å². The Bertz CT molecular complexity index is 790. The standard InChI is InChI=1S/C18H17F2N3O2/c19-13-8-14(20)10-16(9-13)22-18(25)21-15-4-1-3-12(7-15)11-23-6-2-5-17(23)24/h1,3-4,7-10H,2,5-6,11H2,(H2,21,22,25). The molecule has 0 unspecified atom stereocenters. The second kappa shape index (κ2) is 7.29. The van der Waals surface area contributed by atoms with Crippen molar-refractivity contribution in [3.8, 4) is 0 Å². The number of hydrogen-bond donors (Lipinski definition) is 2. The molecule has 1 aliphatic heterocycles. The van der Waals surface area contributed by atoms with Crippen molar-refractivity contribution >= 4 is 23.3 Å². The van der Waals surface area contributed by atoms with E-state index in [1.165, 1.54) is 0 Å². The van der Waals surface area contributed by atoms with Crippen LogP contribution < -0.4 is 10.6 Å². The Kier molecular flexibility index (Phi) is 4.92. The van der Waals surface area contributed by atoms with Crippen LogP contribution in [0.15, 0.2) is 42.5 Å². The van der Waals surface area contributed by atoms with Crippen LogP contribution in [0.2, 0.25) is 0 Å². The van der Waals surface area contributed by atoms with E-state index in [0.29, 0.717) is 18.7 Å². The van der Waals surface area contributed by atoms with Crippen LogP contribution in [0.4, 0.5) is 25.0 Å². The molecule has 2 N–H and O–H groups in total. The molecule has 1 aliphatic rings. The molecule has 0 radical (unpaired) electrons. The van der Waals surface area contributed by atoms with Crippen molar-refractivity contribution in [3.05, 3.63) is 59.7 Å². The Labute approximate surface area is 143 Å². The maximum absolute atomic E-state index is 13.1. The second-order valence-corrected chi connectivity index (χ2v) is 5.86. The number of hydrogen-bond acceptors (Lipinski definition) is 2. The largest absolute Gasteiger partial charge is 0.338 e. The van der Waals surface area contributed by atoms with Crippen molar-refractivity contribution in [2.24, 2.45) is 0 Å². The molecule has 25 heavy (non-hydrogen) atoms. The molecule has 0 aromatic heterocycles. The smallest absolute Gasteiger partial charge is 0.323 e. The van der Waals surface area contributed by atoms with Gasteiger partial charge in [0.25, 0.3) is 0 Å². The predicted octanol–water partition coefficient (Wildman–Crippen LogP) is 3.73. The zero-order valence-corrected chi connectivity index (χ0v) is 13.4. The van der Waals surface area contributed by atoms with Gasteiger partial charge in [-0.05, 0) is 36.2 Å². The maximum atomic E-state index is 13.1. The minimum atomic E-state index is -0.771. The van der Waals surface area contributed by atoms with Gasteiger partial charge in [-0.25, -0.2) is 13.6 Å². The van der Waals surface area contributed by atoms with Gasteiger partial charge in [0.2, 0.25) is 5.91 Å². The fraction of sp³-hybridized carbons (Fsp3) is 0.222. The summed E-state index contributed by atoms with van der Waals surface area (Å²) in [6.45, 7) is 1.23. The van der Waals surface area contributed by atoms with Gasteiger partial charge in [-0.3, -0.25) is 4.79 Å². The summed E-state index contributed by atoms with van der Waals surface area (Å²) < 4.78 is 26.3. The fourth-order valence-corrected chi connectivity index (χ4v) is 2.76. The third kappa shape index (κ3) is 4.53. The number of carbonyl (C=O) groups excluding carboxylic acids is 2. The summed E-state index contributed by atoms with van der Waals surface area (Å²) in [7, 11) is 0. The van der Waals surface area contributed by atoms with E-state index in [9.17, 15) is 18.4 Å². The topological polar surface area (TPSA) is 61.4 Å². The highest BCUT2D eigenvalue weighted by Gasteiger charge is 2.20. The normalized spacial score (nSPS) is 13.8. The lowest BCUT2D eigenvalue weighted by Crippen LogP contribution is -2.24. The van der Waals surface area contributed by atoms with Gasteiger partial charge in [0.05, 0.1) is 0 Å². The number of amides is 3. The van der Waals surface area contributed by atoms with Crippen molar-refractivity contribution in [3.63, 3.8) is 0 Å². The van der Waals surface area contributed by atoms with Crippen molar-refractivity contribution < 1.29 is 18.4 Å². The minimum Gasteiger partial charge on any atom is -0.338 e. The highest BCUT2D eigenvalue weighted by molar-refractivity contribution is 5.99. The first-order valence-electron chi connectivity index (χ1n) is 7.90. The summed E-state index contributed by atoms with van der Waals surface area (Å²) in [6.07, 6.45) is 1.44. The Morgan fingerprint density at radius 1 is 1.04 bits per heavy atom. The van der Waals surface area contributed by atoms with Crippen LogP contribution in [0.3, 0.4) is 0 Å². The molecule has 3 rings (SSSR count). The molecule has 2 aromatic rings. The first-order chi connectivity index (χ1) is 12.0. The van der Waals surface area contributed by atoms with Gasteiger partial charge in [0.1, 0.15) is 11.6 Å². The SMILES string of the molecule is O=C(Nc1cc(F)cc(F)c1)Nc1cccc(CN2CCCC2=O)c1. The number of anilines is 2. The molecule has 1 fully saturated rings. The van der Waals surface area contributed by atoms with Crippen LogP contribution >= 0.6 is 0 Å². The summed E-state index contributed by atoms with van der Waals surface area (Å²) in [6, 6.07) is 9.27. The molecular formula is C18H17F2N3O2. The number of urea groups is 1. The zero-order chi connectivity index (χ0) is 17.8. The lowest BCUT2D eigenvalue weighted by Gasteiger charge is -2.16. The van der Waals surface area contributed by atoms with E-state index in [1.54, 1.807) is 23.1 Å². The number of nitrogens with zero attached hydrogens (tertiary/aromatic N) is 1.